The van der Waals surface area contributed by atoms with Gasteiger partial charge in [-0.05, 0) is 19.3 Å². The molecular weight excluding hydrogens is 244 g/mol. The molecule has 2 heterocycles. The van der Waals surface area contributed by atoms with E-state index in [4.69, 9.17) is 0 Å². The normalized spacial score (nSPS) is 14.7. The molecule has 19 heavy (non-hydrogen) atoms. The number of aryl methyl sites for hydroxylation is 1. The van der Waals surface area contributed by atoms with Crippen molar-refractivity contribution in [2.24, 2.45) is 0 Å². The van der Waals surface area contributed by atoms with Crippen molar-refractivity contribution in [2.75, 3.05) is 25.0 Å². The maximum Gasteiger partial charge on any atom is 0.293 e. The van der Waals surface area contributed by atoms with Crippen molar-refractivity contribution in [3.63, 3.8) is 0 Å². The second-order valence-electron chi connectivity index (χ2n) is 4.72. The Morgan fingerprint density at radius 3 is 2.84 bits per heavy atom. The summed E-state index contributed by atoms with van der Waals surface area (Å²) in [5.41, 5.74) is -0.168. The number of nitrogens with zero attached hydrogens (tertiary/aromatic N) is 3. The third-order valence-corrected chi connectivity index (χ3v) is 3.24. The van der Waals surface area contributed by atoms with Crippen LogP contribution in [0.3, 0.4) is 0 Å². The van der Waals surface area contributed by atoms with Crippen LogP contribution < -0.4 is 10.9 Å². The zero-order chi connectivity index (χ0) is 13.7. The van der Waals surface area contributed by atoms with Crippen LogP contribution in [0.2, 0.25) is 0 Å². The van der Waals surface area contributed by atoms with E-state index in [1.807, 2.05) is 11.8 Å². The van der Waals surface area contributed by atoms with Crippen molar-refractivity contribution in [1.29, 1.82) is 0 Å². The predicted molar refractivity (Wildman–Crippen MR) is 73.1 cm³/mol. The molecule has 1 aromatic rings. The first-order chi connectivity index (χ1) is 9.22. The average Bonchev–Trinajstić information content (AvgIpc) is 2.94. The summed E-state index contributed by atoms with van der Waals surface area (Å²) in [6.07, 6.45) is 6.27. The third-order valence-electron chi connectivity index (χ3n) is 3.24. The Morgan fingerprint density at radius 2 is 2.16 bits per heavy atom. The summed E-state index contributed by atoms with van der Waals surface area (Å²) in [7, 11) is 0. The molecule has 0 unspecified atom stereocenters. The number of rotatable bonds is 5. The van der Waals surface area contributed by atoms with Crippen molar-refractivity contribution in [3.8, 4) is 0 Å². The van der Waals surface area contributed by atoms with Gasteiger partial charge in [0.05, 0.1) is 6.54 Å². The second-order valence-corrected chi connectivity index (χ2v) is 4.72. The Morgan fingerprint density at radius 1 is 1.42 bits per heavy atom. The highest BCUT2D eigenvalue weighted by Crippen LogP contribution is 2.07. The minimum atomic E-state index is -0.168. The Labute approximate surface area is 112 Å². The summed E-state index contributed by atoms with van der Waals surface area (Å²) in [5.74, 6) is 0.285. The fourth-order valence-corrected chi connectivity index (χ4v) is 2.22. The first-order valence-corrected chi connectivity index (χ1v) is 6.79. The molecule has 1 N–H and O–H groups in total. The first-order valence-electron chi connectivity index (χ1n) is 6.79. The largest absolute Gasteiger partial charge is 0.356 e. The first kappa shape index (κ1) is 13.6. The van der Waals surface area contributed by atoms with E-state index in [-0.39, 0.29) is 23.8 Å². The highest BCUT2D eigenvalue weighted by Gasteiger charge is 2.17. The van der Waals surface area contributed by atoms with Crippen molar-refractivity contribution in [1.82, 2.24) is 14.5 Å². The van der Waals surface area contributed by atoms with Gasteiger partial charge in [0.15, 0.2) is 5.82 Å². The number of anilines is 1. The van der Waals surface area contributed by atoms with E-state index in [0.717, 1.165) is 32.4 Å². The quantitative estimate of drug-likeness (QED) is 0.849. The van der Waals surface area contributed by atoms with Gasteiger partial charge in [-0.2, -0.15) is 0 Å². The maximum atomic E-state index is 12.0. The number of carbonyl (C=O) groups excluding carboxylic acids is 1. The SMILES string of the molecule is CCCn1ccnc(NCC(=O)N2CCCC2)c1=O. The number of carbonyl (C=O) groups is 1. The maximum absolute atomic E-state index is 12.0. The van der Waals surface area contributed by atoms with Gasteiger partial charge in [0.1, 0.15) is 0 Å². The molecular formula is C13H20N4O2. The molecule has 1 amide bonds. The van der Waals surface area contributed by atoms with Gasteiger partial charge >= 0.3 is 0 Å². The molecule has 1 fully saturated rings. The molecule has 6 heteroatoms. The van der Waals surface area contributed by atoms with E-state index in [9.17, 15) is 9.59 Å². The van der Waals surface area contributed by atoms with Crippen molar-refractivity contribution < 1.29 is 4.79 Å². The summed E-state index contributed by atoms with van der Waals surface area (Å²) in [6.45, 7) is 4.46. The zero-order valence-corrected chi connectivity index (χ0v) is 11.3. The van der Waals surface area contributed by atoms with Gasteiger partial charge in [0.25, 0.3) is 5.56 Å². The predicted octanol–water partition coefficient (Wildman–Crippen LogP) is 0.688. The number of amides is 1. The lowest BCUT2D eigenvalue weighted by molar-refractivity contribution is -0.128. The van der Waals surface area contributed by atoms with Gasteiger partial charge in [0, 0.05) is 32.0 Å². The number of likely N-dealkylation sites (tertiary alicyclic amines) is 1. The van der Waals surface area contributed by atoms with Crippen LogP contribution in [0.1, 0.15) is 26.2 Å². The molecule has 0 aliphatic carbocycles. The van der Waals surface area contributed by atoms with Gasteiger partial charge < -0.3 is 14.8 Å². The fraction of sp³-hybridized carbons (Fsp3) is 0.615. The van der Waals surface area contributed by atoms with Gasteiger partial charge in [0.2, 0.25) is 5.91 Å². The Bertz CT molecular complexity index is 492. The monoisotopic (exact) mass is 264 g/mol. The van der Waals surface area contributed by atoms with E-state index in [0.29, 0.717) is 6.54 Å². The molecule has 0 atom stereocenters. The summed E-state index contributed by atoms with van der Waals surface area (Å²) >= 11 is 0. The molecule has 1 aliphatic heterocycles. The van der Waals surface area contributed by atoms with Gasteiger partial charge in [-0.3, -0.25) is 9.59 Å². The highest BCUT2D eigenvalue weighted by atomic mass is 16.2. The minimum Gasteiger partial charge on any atom is -0.356 e. The molecule has 1 aromatic heterocycles. The lowest BCUT2D eigenvalue weighted by Crippen LogP contribution is -2.34. The molecule has 1 saturated heterocycles. The standard InChI is InChI=1S/C13H20N4O2/c1-2-6-17-9-5-14-12(13(17)19)15-10-11(18)16-7-3-4-8-16/h5,9H,2-4,6-8,10H2,1H3,(H,14,15). The van der Waals surface area contributed by atoms with Crippen LogP contribution in [0, 0.1) is 0 Å². The van der Waals surface area contributed by atoms with Crippen LogP contribution in [0.25, 0.3) is 0 Å². The third kappa shape index (κ3) is 3.33. The second kappa shape index (κ2) is 6.36. The zero-order valence-electron chi connectivity index (χ0n) is 11.3. The molecule has 0 radical (unpaired) electrons. The van der Waals surface area contributed by atoms with Crippen LogP contribution in [0.4, 0.5) is 5.82 Å². The molecule has 0 saturated carbocycles. The number of aromatic nitrogens is 2. The van der Waals surface area contributed by atoms with Crippen molar-refractivity contribution in [3.05, 3.63) is 22.7 Å². The molecule has 6 nitrogen and oxygen atoms in total. The molecule has 2 rings (SSSR count). The lowest BCUT2D eigenvalue weighted by Gasteiger charge is -2.15. The van der Waals surface area contributed by atoms with Crippen LogP contribution >= 0.6 is 0 Å². The Balaban J connectivity index is 1.97. The number of hydrogen-bond acceptors (Lipinski definition) is 4. The fourth-order valence-electron chi connectivity index (χ4n) is 2.22. The number of nitrogens with one attached hydrogen (secondary N) is 1. The van der Waals surface area contributed by atoms with Crippen molar-refractivity contribution >= 4 is 11.7 Å². The highest BCUT2D eigenvalue weighted by molar-refractivity contribution is 5.80. The van der Waals surface area contributed by atoms with E-state index < -0.39 is 0 Å². The summed E-state index contributed by atoms with van der Waals surface area (Å²) < 4.78 is 1.61. The Hall–Kier alpha value is -1.85. The van der Waals surface area contributed by atoms with E-state index in [1.165, 1.54) is 0 Å². The molecule has 1 aliphatic rings. The molecule has 0 aromatic carbocycles. The smallest absolute Gasteiger partial charge is 0.293 e. The molecule has 0 bridgehead atoms. The average molecular weight is 264 g/mol. The Kier molecular flexibility index (Phi) is 4.54. The van der Waals surface area contributed by atoms with Crippen molar-refractivity contribution in [2.45, 2.75) is 32.7 Å². The van der Waals surface area contributed by atoms with Gasteiger partial charge in [-0.15, -0.1) is 0 Å². The van der Waals surface area contributed by atoms with Crippen LogP contribution in [0.5, 0.6) is 0 Å². The van der Waals surface area contributed by atoms with Crippen LogP contribution in [0.15, 0.2) is 17.2 Å². The summed E-state index contributed by atoms with van der Waals surface area (Å²) in [6, 6.07) is 0. The topological polar surface area (TPSA) is 67.2 Å². The van der Waals surface area contributed by atoms with Crippen LogP contribution in [-0.2, 0) is 11.3 Å². The van der Waals surface area contributed by atoms with E-state index >= 15 is 0 Å². The van der Waals surface area contributed by atoms with E-state index in [1.54, 1.807) is 17.0 Å². The number of hydrogen-bond donors (Lipinski definition) is 1. The molecule has 0 spiro atoms. The lowest BCUT2D eigenvalue weighted by atomic mass is 10.4. The molecule has 104 valence electrons. The van der Waals surface area contributed by atoms with E-state index in [2.05, 4.69) is 10.3 Å². The summed E-state index contributed by atoms with van der Waals surface area (Å²) in [4.78, 5) is 29.7. The van der Waals surface area contributed by atoms with Crippen LogP contribution in [-0.4, -0.2) is 40.0 Å². The summed E-state index contributed by atoms with van der Waals surface area (Å²) in [5, 5.41) is 2.85. The van der Waals surface area contributed by atoms with Gasteiger partial charge in [-0.1, -0.05) is 6.92 Å². The minimum absolute atomic E-state index is 0.0320. The van der Waals surface area contributed by atoms with Gasteiger partial charge in [-0.25, -0.2) is 4.98 Å².